The summed E-state index contributed by atoms with van der Waals surface area (Å²) in [6, 6.07) is 8.45. The molecule has 0 bridgehead atoms. The topological polar surface area (TPSA) is 92.6 Å². The SMILES string of the molecule is Cc1cc(C)c(NC(=O)CN(C)C(=O)c2ccc(SCCC(C)C)c([N+](=O)[O-])c2)c(C)c1. The number of rotatable bonds is 9. The molecule has 7 nitrogen and oxygen atoms in total. The third-order valence-electron chi connectivity index (χ3n) is 5.02. The molecule has 1 N–H and O–H groups in total. The normalized spacial score (nSPS) is 10.8. The Balaban J connectivity index is 2.10. The predicted octanol–water partition coefficient (Wildman–Crippen LogP) is 5.37. The molecule has 0 fully saturated rings. The number of benzene rings is 2. The van der Waals surface area contributed by atoms with Gasteiger partial charge in [0, 0.05) is 24.4 Å². The summed E-state index contributed by atoms with van der Waals surface area (Å²) in [4.78, 5) is 38.2. The van der Waals surface area contributed by atoms with E-state index in [1.165, 1.54) is 29.8 Å². The van der Waals surface area contributed by atoms with Crippen molar-refractivity contribution >= 4 is 35.0 Å². The van der Waals surface area contributed by atoms with Crippen LogP contribution in [-0.4, -0.2) is 41.0 Å². The number of amides is 2. The molecule has 0 unspecified atom stereocenters. The summed E-state index contributed by atoms with van der Waals surface area (Å²) in [5, 5.41) is 14.4. The first-order valence-electron chi connectivity index (χ1n) is 10.5. The minimum atomic E-state index is -0.468. The molecule has 0 aliphatic rings. The third-order valence-corrected chi connectivity index (χ3v) is 6.12. The zero-order valence-corrected chi connectivity index (χ0v) is 20.3. The Morgan fingerprint density at radius 3 is 2.31 bits per heavy atom. The molecule has 2 rings (SSSR count). The number of nitrogens with one attached hydrogen (secondary N) is 1. The minimum absolute atomic E-state index is 0.0895. The van der Waals surface area contributed by atoms with Gasteiger partial charge in [-0.05, 0) is 62.1 Å². The molecule has 0 aromatic heterocycles. The van der Waals surface area contributed by atoms with Crippen LogP contribution in [0.25, 0.3) is 0 Å². The maximum absolute atomic E-state index is 12.8. The fraction of sp³-hybridized carbons (Fsp3) is 0.417. The molecule has 0 saturated carbocycles. The first kappa shape index (κ1) is 25.4. The van der Waals surface area contributed by atoms with Gasteiger partial charge < -0.3 is 10.2 Å². The fourth-order valence-electron chi connectivity index (χ4n) is 3.38. The van der Waals surface area contributed by atoms with Crippen LogP contribution in [0.3, 0.4) is 0 Å². The highest BCUT2D eigenvalue weighted by Gasteiger charge is 2.21. The molecule has 0 heterocycles. The average Bonchev–Trinajstić information content (AvgIpc) is 2.69. The van der Waals surface area contributed by atoms with E-state index in [9.17, 15) is 19.7 Å². The number of nitro groups is 1. The van der Waals surface area contributed by atoms with Gasteiger partial charge in [-0.3, -0.25) is 19.7 Å². The summed E-state index contributed by atoms with van der Waals surface area (Å²) in [6.07, 6.45) is 0.945. The summed E-state index contributed by atoms with van der Waals surface area (Å²) in [7, 11) is 1.51. The maximum atomic E-state index is 12.8. The van der Waals surface area contributed by atoms with Gasteiger partial charge in [-0.1, -0.05) is 31.5 Å². The van der Waals surface area contributed by atoms with E-state index in [0.29, 0.717) is 10.8 Å². The number of likely N-dealkylation sites (N-methyl/N-ethyl adjacent to an activating group) is 1. The maximum Gasteiger partial charge on any atom is 0.283 e. The molecule has 8 heteroatoms. The van der Waals surface area contributed by atoms with Crippen molar-refractivity contribution < 1.29 is 14.5 Å². The number of anilines is 1. The Kier molecular flexibility index (Phi) is 8.83. The first-order chi connectivity index (χ1) is 15.0. The number of thioether (sulfide) groups is 1. The van der Waals surface area contributed by atoms with Crippen molar-refractivity contribution in [2.75, 3.05) is 24.7 Å². The van der Waals surface area contributed by atoms with Crippen LogP contribution >= 0.6 is 11.8 Å². The Morgan fingerprint density at radius 1 is 1.12 bits per heavy atom. The predicted molar refractivity (Wildman–Crippen MR) is 130 cm³/mol. The molecule has 2 aromatic rings. The number of carbonyl (C=O) groups is 2. The molecule has 0 atom stereocenters. The van der Waals surface area contributed by atoms with Crippen molar-refractivity contribution in [3.63, 3.8) is 0 Å². The zero-order chi connectivity index (χ0) is 24.0. The summed E-state index contributed by atoms with van der Waals surface area (Å²) < 4.78 is 0. The molecule has 0 saturated heterocycles. The first-order valence-corrected chi connectivity index (χ1v) is 11.5. The van der Waals surface area contributed by atoms with Gasteiger partial charge in [-0.15, -0.1) is 11.8 Å². The van der Waals surface area contributed by atoms with Crippen molar-refractivity contribution in [1.29, 1.82) is 0 Å². The van der Waals surface area contributed by atoms with Gasteiger partial charge in [0.15, 0.2) is 0 Å². The van der Waals surface area contributed by atoms with Crippen LogP contribution in [0.15, 0.2) is 35.2 Å². The van der Waals surface area contributed by atoms with Gasteiger partial charge in [-0.2, -0.15) is 0 Å². The van der Waals surface area contributed by atoms with Crippen molar-refractivity contribution in [1.82, 2.24) is 4.90 Å². The average molecular weight is 458 g/mol. The number of nitrogens with zero attached hydrogens (tertiary/aromatic N) is 2. The molecule has 2 amide bonds. The summed E-state index contributed by atoms with van der Waals surface area (Å²) in [5.74, 6) is 0.504. The number of carbonyl (C=O) groups excluding carboxylic acids is 2. The highest BCUT2D eigenvalue weighted by atomic mass is 32.2. The standard InChI is InChI=1S/C24H31N3O4S/c1-15(2)9-10-32-21-8-7-19(13-20(21)27(30)31)24(29)26(6)14-22(28)25-23-17(4)11-16(3)12-18(23)5/h7-8,11-13,15H,9-10,14H2,1-6H3,(H,25,28). The zero-order valence-electron chi connectivity index (χ0n) is 19.5. The molecule has 2 aromatic carbocycles. The second kappa shape index (κ2) is 11.1. The van der Waals surface area contributed by atoms with E-state index < -0.39 is 10.8 Å². The lowest BCUT2D eigenvalue weighted by Gasteiger charge is -2.19. The molecule has 0 aliphatic heterocycles. The quantitative estimate of drug-likeness (QED) is 0.310. The Bertz CT molecular complexity index is 997. The Hall–Kier alpha value is -2.87. The Morgan fingerprint density at radius 2 is 1.75 bits per heavy atom. The lowest BCUT2D eigenvalue weighted by Crippen LogP contribution is -2.35. The highest BCUT2D eigenvalue weighted by molar-refractivity contribution is 7.99. The van der Waals surface area contributed by atoms with Gasteiger partial charge in [-0.25, -0.2) is 0 Å². The van der Waals surface area contributed by atoms with Crippen LogP contribution in [0.4, 0.5) is 11.4 Å². The highest BCUT2D eigenvalue weighted by Crippen LogP contribution is 2.31. The van der Waals surface area contributed by atoms with Crippen LogP contribution in [0.5, 0.6) is 0 Å². The van der Waals surface area contributed by atoms with Gasteiger partial charge >= 0.3 is 0 Å². The fourth-order valence-corrected chi connectivity index (χ4v) is 4.64. The second-order valence-electron chi connectivity index (χ2n) is 8.45. The molecular formula is C24H31N3O4S. The molecule has 0 radical (unpaired) electrons. The van der Waals surface area contributed by atoms with E-state index in [0.717, 1.165) is 34.6 Å². The van der Waals surface area contributed by atoms with Crippen LogP contribution in [0.1, 0.15) is 47.3 Å². The number of nitro benzene ring substituents is 1. The summed E-state index contributed by atoms with van der Waals surface area (Å²) in [5.41, 5.74) is 3.84. The van der Waals surface area contributed by atoms with Crippen molar-refractivity contribution in [3.05, 3.63) is 62.7 Å². The van der Waals surface area contributed by atoms with Crippen LogP contribution in [0, 0.1) is 36.8 Å². The van der Waals surface area contributed by atoms with Gasteiger partial charge in [0.05, 0.1) is 16.4 Å². The van der Waals surface area contributed by atoms with Crippen LogP contribution in [0.2, 0.25) is 0 Å². The van der Waals surface area contributed by atoms with Crippen molar-refractivity contribution in [2.24, 2.45) is 5.92 Å². The van der Waals surface area contributed by atoms with E-state index >= 15 is 0 Å². The third kappa shape index (κ3) is 6.82. The molecule has 0 spiro atoms. The number of hydrogen-bond acceptors (Lipinski definition) is 5. The van der Waals surface area contributed by atoms with Crippen LogP contribution < -0.4 is 5.32 Å². The smallest absolute Gasteiger partial charge is 0.283 e. The van der Waals surface area contributed by atoms with Crippen molar-refractivity contribution in [3.8, 4) is 0 Å². The lowest BCUT2D eigenvalue weighted by atomic mass is 10.1. The molecule has 32 heavy (non-hydrogen) atoms. The van der Waals surface area contributed by atoms with Gasteiger partial charge in [0.2, 0.25) is 5.91 Å². The Labute approximate surface area is 193 Å². The number of hydrogen-bond donors (Lipinski definition) is 1. The minimum Gasteiger partial charge on any atom is -0.332 e. The van der Waals surface area contributed by atoms with E-state index in [1.54, 1.807) is 12.1 Å². The summed E-state index contributed by atoms with van der Waals surface area (Å²) in [6.45, 7) is 9.87. The molecular weight excluding hydrogens is 426 g/mol. The van der Waals surface area contributed by atoms with E-state index in [-0.39, 0.29) is 23.7 Å². The van der Waals surface area contributed by atoms with E-state index in [2.05, 4.69) is 19.2 Å². The van der Waals surface area contributed by atoms with E-state index in [1.807, 2.05) is 32.9 Å². The molecule has 0 aliphatic carbocycles. The van der Waals surface area contributed by atoms with Crippen LogP contribution in [-0.2, 0) is 4.79 Å². The monoisotopic (exact) mass is 457 g/mol. The second-order valence-corrected chi connectivity index (χ2v) is 9.59. The summed E-state index contributed by atoms with van der Waals surface area (Å²) >= 11 is 1.42. The van der Waals surface area contributed by atoms with Gasteiger partial charge in [0.1, 0.15) is 0 Å². The van der Waals surface area contributed by atoms with Gasteiger partial charge in [0.25, 0.3) is 11.6 Å². The largest absolute Gasteiger partial charge is 0.332 e. The molecule has 172 valence electrons. The van der Waals surface area contributed by atoms with Crippen molar-refractivity contribution in [2.45, 2.75) is 45.9 Å². The lowest BCUT2D eigenvalue weighted by molar-refractivity contribution is -0.387. The van der Waals surface area contributed by atoms with E-state index in [4.69, 9.17) is 0 Å². The number of aryl methyl sites for hydroxylation is 3.